The fourth-order valence-corrected chi connectivity index (χ4v) is 10.3. The van der Waals surface area contributed by atoms with Crippen molar-refractivity contribution in [2.75, 3.05) is 26.8 Å². The molecule has 2 saturated heterocycles. The number of carbonyl (C=O) groups excluding carboxylic acids is 1. The summed E-state index contributed by atoms with van der Waals surface area (Å²) in [7, 11) is 1.49. The molecule has 156 valence electrons. The van der Waals surface area contributed by atoms with E-state index < -0.39 is 5.60 Å². The van der Waals surface area contributed by atoms with Gasteiger partial charge in [-0.2, -0.15) is 0 Å². The first-order chi connectivity index (χ1) is 13.4. The zero-order valence-corrected chi connectivity index (χ0v) is 17.3. The minimum atomic E-state index is -0.824. The summed E-state index contributed by atoms with van der Waals surface area (Å²) in [5, 5.41) is 23.7. The predicted octanol–water partition coefficient (Wildman–Crippen LogP) is 2.06. The molecule has 4 bridgehead atoms. The highest BCUT2D eigenvalue weighted by Crippen LogP contribution is 2.79. The van der Waals surface area contributed by atoms with Crippen LogP contribution < -0.4 is 0 Å². The predicted molar refractivity (Wildman–Crippen MR) is 103 cm³/mol. The summed E-state index contributed by atoms with van der Waals surface area (Å²) >= 11 is 0. The van der Waals surface area contributed by atoms with Gasteiger partial charge in [0, 0.05) is 42.5 Å². The molecule has 0 amide bonds. The minimum Gasteiger partial charge on any atom is -0.469 e. The van der Waals surface area contributed by atoms with Gasteiger partial charge in [-0.3, -0.25) is 9.69 Å². The second kappa shape index (κ2) is 5.53. The smallest absolute Gasteiger partial charge is 0.309 e. The summed E-state index contributed by atoms with van der Waals surface area (Å²) in [6.07, 6.45) is 7.03. The molecular formula is C23H35NO4. The van der Waals surface area contributed by atoms with E-state index in [1.807, 2.05) is 0 Å². The number of methoxy groups -OCH3 is 1. The topological polar surface area (TPSA) is 70.0 Å². The highest BCUT2D eigenvalue weighted by atomic mass is 16.5. The molecule has 5 heteroatoms. The fraction of sp³-hybridized carbons (Fsp3) is 0.957. The molecule has 4 saturated carbocycles. The van der Waals surface area contributed by atoms with E-state index in [4.69, 9.17) is 4.74 Å². The van der Waals surface area contributed by atoms with Gasteiger partial charge in [0.2, 0.25) is 0 Å². The third-order valence-corrected chi connectivity index (χ3v) is 11.0. The van der Waals surface area contributed by atoms with Gasteiger partial charge in [0.1, 0.15) is 0 Å². The molecule has 2 heterocycles. The Bertz CT molecular complexity index is 713. The molecule has 0 aromatic rings. The molecule has 0 aromatic heterocycles. The van der Waals surface area contributed by atoms with Gasteiger partial charge in [-0.05, 0) is 68.6 Å². The van der Waals surface area contributed by atoms with Crippen molar-refractivity contribution in [3.8, 4) is 0 Å². The van der Waals surface area contributed by atoms with Crippen LogP contribution in [0.15, 0.2) is 0 Å². The molecule has 2 N–H and O–H groups in total. The van der Waals surface area contributed by atoms with E-state index in [1.165, 1.54) is 7.11 Å². The monoisotopic (exact) mass is 389 g/mol. The van der Waals surface area contributed by atoms with E-state index in [0.29, 0.717) is 23.8 Å². The van der Waals surface area contributed by atoms with Crippen molar-refractivity contribution in [1.82, 2.24) is 4.90 Å². The molecule has 0 aromatic carbocycles. The largest absolute Gasteiger partial charge is 0.469 e. The second-order valence-electron chi connectivity index (χ2n) is 11.2. The zero-order chi connectivity index (χ0) is 19.5. The Balaban J connectivity index is 1.63. The van der Waals surface area contributed by atoms with Gasteiger partial charge in [-0.25, -0.2) is 0 Å². The van der Waals surface area contributed by atoms with Crippen molar-refractivity contribution < 1.29 is 19.7 Å². The van der Waals surface area contributed by atoms with Crippen molar-refractivity contribution in [2.45, 2.75) is 63.5 Å². The highest BCUT2D eigenvalue weighted by Gasteiger charge is 2.83. The lowest BCUT2D eigenvalue weighted by Crippen LogP contribution is -2.74. The zero-order valence-electron chi connectivity index (χ0n) is 17.3. The van der Waals surface area contributed by atoms with Crippen LogP contribution >= 0.6 is 0 Å². The number of hydrogen-bond donors (Lipinski definition) is 2. The lowest BCUT2D eigenvalue weighted by atomic mass is 9.41. The Hall–Kier alpha value is -0.650. The molecule has 1 spiro atoms. The van der Waals surface area contributed by atoms with Crippen LogP contribution in [0.2, 0.25) is 0 Å². The van der Waals surface area contributed by atoms with E-state index in [-0.39, 0.29) is 41.2 Å². The van der Waals surface area contributed by atoms with E-state index in [9.17, 15) is 15.0 Å². The number of hydrogen-bond acceptors (Lipinski definition) is 5. The summed E-state index contributed by atoms with van der Waals surface area (Å²) in [5.74, 6) is 1.59. The van der Waals surface area contributed by atoms with Gasteiger partial charge in [-0.15, -0.1) is 0 Å². The lowest BCUT2D eigenvalue weighted by molar-refractivity contribution is -0.262. The quantitative estimate of drug-likeness (QED) is 0.708. The summed E-state index contributed by atoms with van der Waals surface area (Å²) in [5.41, 5.74) is -1.41. The maximum Gasteiger partial charge on any atom is 0.309 e. The standard InChI is InChI=1S/C23H35NO4/c1-13-10-24-11-15-4-3-14-5-6-18-17(20(26)28-2)9-22(23(14,18)27)19(24)16(13)7-8-21(15,22)12-25/h13-19,25,27H,3-12H2,1-2H3/t13-,14?,15?,16?,17-,18-,19?,21?,22+,23+/m1/s1. The first-order valence-corrected chi connectivity index (χ1v) is 11.6. The van der Waals surface area contributed by atoms with Crippen LogP contribution in [0.5, 0.6) is 0 Å². The Morgan fingerprint density at radius 1 is 1.14 bits per heavy atom. The lowest BCUT2D eigenvalue weighted by Gasteiger charge is -2.69. The molecular weight excluding hydrogens is 354 g/mol. The van der Waals surface area contributed by atoms with Gasteiger partial charge in [-0.1, -0.05) is 6.92 Å². The number of rotatable bonds is 2. The first-order valence-electron chi connectivity index (χ1n) is 11.6. The normalized spacial score (nSPS) is 59.1. The van der Waals surface area contributed by atoms with E-state index in [1.54, 1.807) is 0 Å². The van der Waals surface area contributed by atoms with Crippen LogP contribution in [0.4, 0.5) is 0 Å². The van der Waals surface area contributed by atoms with Crippen LogP contribution in [0, 0.1) is 46.3 Å². The highest BCUT2D eigenvalue weighted by molar-refractivity contribution is 5.74. The minimum absolute atomic E-state index is 0.00392. The van der Waals surface area contributed by atoms with Crippen molar-refractivity contribution in [3.63, 3.8) is 0 Å². The summed E-state index contributed by atoms with van der Waals surface area (Å²) in [6.45, 7) is 4.73. The molecule has 6 rings (SSSR count). The Morgan fingerprint density at radius 2 is 1.89 bits per heavy atom. The van der Waals surface area contributed by atoms with Crippen LogP contribution in [-0.2, 0) is 9.53 Å². The van der Waals surface area contributed by atoms with Gasteiger partial charge in [0.15, 0.2) is 0 Å². The Morgan fingerprint density at radius 3 is 2.64 bits per heavy atom. The van der Waals surface area contributed by atoms with Crippen molar-refractivity contribution in [3.05, 3.63) is 0 Å². The van der Waals surface area contributed by atoms with E-state index in [2.05, 4.69) is 11.8 Å². The van der Waals surface area contributed by atoms with Crippen LogP contribution in [-0.4, -0.2) is 59.5 Å². The van der Waals surface area contributed by atoms with Crippen LogP contribution in [0.25, 0.3) is 0 Å². The van der Waals surface area contributed by atoms with E-state index in [0.717, 1.165) is 58.0 Å². The average Bonchev–Trinajstić information content (AvgIpc) is 3.27. The second-order valence-corrected chi connectivity index (χ2v) is 11.2. The number of nitrogens with zero attached hydrogens (tertiary/aromatic N) is 1. The molecule has 28 heavy (non-hydrogen) atoms. The van der Waals surface area contributed by atoms with Crippen molar-refractivity contribution in [2.24, 2.45) is 46.3 Å². The number of aliphatic hydroxyl groups excluding tert-OH is 1. The average molecular weight is 390 g/mol. The van der Waals surface area contributed by atoms with Crippen LogP contribution in [0.1, 0.15) is 51.9 Å². The van der Waals surface area contributed by atoms with Gasteiger partial charge in [0.25, 0.3) is 0 Å². The summed E-state index contributed by atoms with van der Waals surface area (Å²) < 4.78 is 5.25. The molecule has 10 atom stereocenters. The molecule has 6 aliphatic rings. The molecule has 2 aliphatic heterocycles. The van der Waals surface area contributed by atoms with Gasteiger partial charge >= 0.3 is 5.97 Å². The Kier molecular flexibility index (Phi) is 3.58. The number of ether oxygens (including phenoxy) is 1. The van der Waals surface area contributed by atoms with Crippen molar-refractivity contribution >= 4 is 5.97 Å². The third kappa shape index (κ3) is 1.65. The number of piperidine rings is 1. The van der Waals surface area contributed by atoms with E-state index >= 15 is 0 Å². The maximum absolute atomic E-state index is 12.9. The van der Waals surface area contributed by atoms with Crippen molar-refractivity contribution in [1.29, 1.82) is 0 Å². The summed E-state index contributed by atoms with van der Waals surface area (Å²) in [4.78, 5) is 15.6. The number of carbonyl (C=O) groups is 1. The molecule has 5 nitrogen and oxygen atoms in total. The Labute approximate surface area is 167 Å². The van der Waals surface area contributed by atoms with Gasteiger partial charge in [0.05, 0.1) is 18.6 Å². The number of aliphatic hydroxyl groups is 2. The maximum atomic E-state index is 12.9. The molecule has 6 fully saturated rings. The fourth-order valence-electron chi connectivity index (χ4n) is 10.3. The molecule has 5 unspecified atom stereocenters. The van der Waals surface area contributed by atoms with Gasteiger partial charge < -0.3 is 14.9 Å². The molecule has 4 aliphatic carbocycles. The van der Waals surface area contributed by atoms with Crippen LogP contribution in [0.3, 0.4) is 0 Å². The summed E-state index contributed by atoms with van der Waals surface area (Å²) in [6, 6.07) is 0.320. The SMILES string of the molecule is COC(=O)[C@@H]1C[C@]23C4C5CCC2(CO)C(CCC2CC[C@H]1[C@@]23O)CN4C[C@H]5C. The third-order valence-electron chi connectivity index (χ3n) is 11.0. The first kappa shape index (κ1) is 18.1. The number of esters is 1. The molecule has 0 radical (unpaired) electrons.